The standard InChI is InChI=1S/C10H16N2O/c1-2-5-9-11-12-10(13-9)8-6-3-4-7-8/h8H,2-7H2,1H3. The second-order valence-electron chi connectivity index (χ2n) is 3.77. The van der Waals surface area contributed by atoms with E-state index in [-0.39, 0.29) is 0 Å². The van der Waals surface area contributed by atoms with E-state index < -0.39 is 0 Å². The third kappa shape index (κ3) is 1.90. The van der Waals surface area contributed by atoms with Gasteiger partial charge in [-0.2, -0.15) is 0 Å². The molecule has 0 aromatic carbocycles. The molecule has 0 N–H and O–H groups in total. The lowest BCUT2D eigenvalue weighted by Crippen LogP contribution is -1.91. The van der Waals surface area contributed by atoms with E-state index in [0.29, 0.717) is 5.92 Å². The lowest BCUT2D eigenvalue weighted by Gasteiger charge is -1.99. The van der Waals surface area contributed by atoms with Gasteiger partial charge in [-0.3, -0.25) is 0 Å². The zero-order valence-corrected chi connectivity index (χ0v) is 8.12. The van der Waals surface area contributed by atoms with Crippen LogP contribution in [-0.4, -0.2) is 10.2 Å². The Morgan fingerprint density at radius 2 is 2.08 bits per heavy atom. The Kier molecular flexibility index (Phi) is 2.62. The van der Waals surface area contributed by atoms with Gasteiger partial charge in [0.2, 0.25) is 11.8 Å². The molecule has 2 rings (SSSR count). The predicted molar refractivity (Wildman–Crippen MR) is 49.5 cm³/mol. The third-order valence-corrected chi connectivity index (χ3v) is 2.65. The molecule has 1 aliphatic rings. The Hall–Kier alpha value is -0.860. The second-order valence-corrected chi connectivity index (χ2v) is 3.77. The molecule has 1 aromatic heterocycles. The molecule has 0 bridgehead atoms. The highest BCUT2D eigenvalue weighted by Crippen LogP contribution is 2.33. The van der Waals surface area contributed by atoms with Gasteiger partial charge in [0, 0.05) is 12.3 Å². The monoisotopic (exact) mass is 180 g/mol. The Balaban J connectivity index is 2.03. The van der Waals surface area contributed by atoms with Crippen LogP contribution in [0.2, 0.25) is 0 Å². The second kappa shape index (κ2) is 3.90. The van der Waals surface area contributed by atoms with Crippen molar-refractivity contribution in [2.24, 2.45) is 0 Å². The number of hydrogen-bond donors (Lipinski definition) is 0. The normalized spacial score (nSPS) is 18.2. The lowest BCUT2D eigenvalue weighted by molar-refractivity contribution is 0.415. The molecule has 0 atom stereocenters. The van der Waals surface area contributed by atoms with E-state index >= 15 is 0 Å². The molecule has 72 valence electrons. The van der Waals surface area contributed by atoms with E-state index in [9.17, 15) is 0 Å². The van der Waals surface area contributed by atoms with Gasteiger partial charge in [-0.25, -0.2) is 0 Å². The summed E-state index contributed by atoms with van der Waals surface area (Å²) in [4.78, 5) is 0. The van der Waals surface area contributed by atoms with Crippen molar-refractivity contribution >= 4 is 0 Å². The summed E-state index contributed by atoms with van der Waals surface area (Å²) in [5.74, 6) is 2.24. The van der Waals surface area contributed by atoms with E-state index in [4.69, 9.17) is 4.42 Å². The van der Waals surface area contributed by atoms with Crippen LogP contribution in [0.4, 0.5) is 0 Å². The molecule has 0 saturated heterocycles. The van der Waals surface area contributed by atoms with E-state index in [1.54, 1.807) is 0 Å². The summed E-state index contributed by atoms with van der Waals surface area (Å²) in [6, 6.07) is 0. The zero-order valence-electron chi connectivity index (χ0n) is 8.12. The number of aromatic nitrogens is 2. The molecule has 1 saturated carbocycles. The molecule has 1 aliphatic carbocycles. The molecule has 1 fully saturated rings. The molecule has 0 unspecified atom stereocenters. The van der Waals surface area contributed by atoms with Gasteiger partial charge in [-0.15, -0.1) is 10.2 Å². The van der Waals surface area contributed by atoms with Crippen molar-refractivity contribution in [3.05, 3.63) is 11.8 Å². The van der Waals surface area contributed by atoms with Crippen molar-refractivity contribution < 1.29 is 4.42 Å². The van der Waals surface area contributed by atoms with Crippen LogP contribution in [0, 0.1) is 0 Å². The van der Waals surface area contributed by atoms with Crippen molar-refractivity contribution in [2.75, 3.05) is 0 Å². The van der Waals surface area contributed by atoms with Gasteiger partial charge in [0.25, 0.3) is 0 Å². The van der Waals surface area contributed by atoms with Crippen molar-refractivity contribution in [1.29, 1.82) is 0 Å². The first-order valence-electron chi connectivity index (χ1n) is 5.22. The quantitative estimate of drug-likeness (QED) is 0.717. The Morgan fingerprint density at radius 1 is 1.31 bits per heavy atom. The highest BCUT2D eigenvalue weighted by molar-refractivity contribution is 4.94. The SMILES string of the molecule is CCCc1nnc(C2CCCC2)o1. The Labute approximate surface area is 78.5 Å². The van der Waals surface area contributed by atoms with Crippen molar-refractivity contribution in [1.82, 2.24) is 10.2 Å². The van der Waals surface area contributed by atoms with E-state index in [2.05, 4.69) is 17.1 Å². The molecule has 0 radical (unpaired) electrons. The molecule has 0 amide bonds. The highest BCUT2D eigenvalue weighted by Gasteiger charge is 2.22. The van der Waals surface area contributed by atoms with Gasteiger partial charge in [-0.05, 0) is 19.3 Å². The summed E-state index contributed by atoms with van der Waals surface area (Å²) >= 11 is 0. The molecule has 0 spiro atoms. The van der Waals surface area contributed by atoms with Gasteiger partial charge in [0.1, 0.15) is 0 Å². The minimum absolute atomic E-state index is 0.554. The summed E-state index contributed by atoms with van der Waals surface area (Å²) in [6.45, 7) is 2.12. The van der Waals surface area contributed by atoms with Crippen LogP contribution in [-0.2, 0) is 6.42 Å². The summed E-state index contributed by atoms with van der Waals surface area (Å²) in [5.41, 5.74) is 0. The van der Waals surface area contributed by atoms with Gasteiger partial charge in [0.15, 0.2) is 0 Å². The first kappa shape index (κ1) is 8.73. The lowest BCUT2D eigenvalue weighted by atomic mass is 10.1. The molecular formula is C10H16N2O. The fourth-order valence-corrected chi connectivity index (χ4v) is 1.92. The number of nitrogens with zero attached hydrogens (tertiary/aromatic N) is 2. The van der Waals surface area contributed by atoms with E-state index in [1.807, 2.05) is 0 Å². The van der Waals surface area contributed by atoms with E-state index in [1.165, 1.54) is 25.7 Å². The third-order valence-electron chi connectivity index (χ3n) is 2.65. The minimum Gasteiger partial charge on any atom is -0.425 e. The highest BCUT2D eigenvalue weighted by atomic mass is 16.4. The summed E-state index contributed by atoms with van der Waals surface area (Å²) in [5, 5.41) is 8.13. The fraction of sp³-hybridized carbons (Fsp3) is 0.800. The predicted octanol–water partition coefficient (Wildman–Crippen LogP) is 2.68. The number of aryl methyl sites for hydroxylation is 1. The smallest absolute Gasteiger partial charge is 0.219 e. The molecule has 1 heterocycles. The number of rotatable bonds is 3. The topological polar surface area (TPSA) is 38.9 Å². The molecular weight excluding hydrogens is 164 g/mol. The average molecular weight is 180 g/mol. The van der Waals surface area contributed by atoms with Crippen LogP contribution < -0.4 is 0 Å². The van der Waals surface area contributed by atoms with Crippen LogP contribution in [0.1, 0.15) is 56.7 Å². The molecule has 3 nitrogen and oxygen atoms in total. The summed E-state index contributed by atoms with van der Waals surface area (Å²) < 4.78 is 5.59. The first-order chi connectivity index (χ1) is 6.40. The molecule has 1 aromatic rings. The Morgan fingerprint density at radius 3 is 2.77 bits per heavy atom. The van der Waals surface area contributed by atoms with Crippen LogP contribution in [0.5, 0.6) is 0 Å². The average Bonchev–Trinajstić information content (AvgIpc) is 2.70. The van der Waals surface area contributed by atoms with Gasteiger partial charge < -0.3 is 4.42 Å². The summed E-state index contributed by atoms with van der Waals surface area (Å²) in [6.07, 6.45) is 7.08. The minimum atomic E-state index is 0.554. The molecule has 0 aliphatic heterocycles. The first-order valence-corrected chi connectivity index (χ1v) is 5.22. The van der Waals surface area contributed by atoms with Crippen molar-refractivity contribution in [3.63, 3.8) is 0 Å². The maximum Gasteiger partial charge on any atom is 0.219 e. The number of hydrogen-bond acceptors (Lipinski definition) is 3. The summed E-state index contributed by atoms with van der Waals surface area (Å²) in [7, 11) is 0. The molecule has 13 heavy (non-hydrogen) atoms. The molecule has 3 heteroatoms. The van der Waals surface area contributed by atoms with Crippen LogP contribution in [0.3, 0.4) is 0 Å². The fourth-order valence-electron chi connectivity index (χ4n) is 1.92. The van der Waals surface area contributed by atoms with Crippen molar-refractivity contribution in [3.8, 4) is 0 Å². The van der Waals surface area contributed by atoms with Crippen LogP contribution >= 0.6 is 0 Å². The van der Waals surface area contributed by atoms with Gasteiger partial charge in [0.05, 0.1) is 0 Å². The van der Waals surface area contributed by atoms with Gasteiger partial charge in [-0.1, -0.05) is 19.8 Å². The van der Waals surface area contributed by atoms with E-state index in [0.717, 1.165) is 24.6 Å². The largest absolute Gasteiger partial charge is 0.425 e. The zero-order chi connectivity index (χ0) is 9.10. The maximum absolute atomic E-state index is 5.59. The van der Waals surface area contributed by atoms with Crippen molar-refractivity contribution in [2.45, 2.75) is 51.4 Å². The van der Waals surface area contributed by atoms with Crippen LogP contribution in [0.25, 0.3) is 0 Å². The van der Waals surface area contributed by atoms with Gasteiger partial charge >= 0.3 is 0 Å². The van der Waals surface area contributed by atoms with Crippen LogP contribution in [0.15, 0.2) is 4.42 Å². The maximum atomic E-state index is 5.59. The Bertz CT molecular complexity index is 264.